The first-order valence-corrected chi connectivity index (χ1v) is 10.0. The molecule has 0 aromatic heterocycles. The van der Waals surface area contributed by atoms with E-state index in [9.17, 15) is 0 Å². The molecule has 0 spiro atoms. The Balaban J connectivity index is 1.49. The molecule has 134 valence electrons. The van der Waals surface area contributed by atoms with Crippen LogP contribution in [0.4, 0.5) is 0 Å². The molecule has 0 N–H and O–H groups in total. The van der Waals surface area contributed by atoms with Gasteiger partial charge in [0.25, 0.3) is 0 Å². The highest BCUT2D eigenvalue weighted by Crippen LogP contribution is 2.34. The summed E-state index contributed by atoms with van der Waals surface area (Å²) < 4.78 is 5.23. The molecular weight excluding hydrogens is 304 g/mol. The number of ether oxygens (including phenoxy) is 1. The van der Waals surface area contributed by atoms with E-state index in [1.165, 1.54) is 68.1 Å². The molecule has 1 aliphatic carbocycles. The zero-order chi connectivity index (χ0) is 17.5. The second-order valence-electron chi connectivity index (χ2n) is 7.64. The summed E-state index contributed by atoms with van der Waals surface area (Å²) in [6.45, 7) is 2.32. The van der Waals surface area contributed by atoms with Gasteiger partial charge in [0.05, 0.1) is 7.11 Å². The van der Waals surface area contributed by atoms with Crippen LogP contribution in [0.3, 0.4) is 0 Å². The molecular formula is C24H32O. The number of rotatable bonds is 7. The highest BCUT2D eigenvalue weighted by atomic mass is 16.5. The molecule has 0 amide bonds. The van der Waals surface area contributed by atoms with E-state index in [0.717, 1.165) is 17.6 Å². The Bertz CT molecular complexity index is 618. The second-order valence-corrected chi connectivity index (χ2v) is 7.64. The molecule has 0 saturated heterocycles. The summed E-state index contributed by atoms with van der Waals surface area (Å²) in [4.78, 5) is 0. The van der Waals surface area contributed by atoms with Crippen molar-refractivity contribution in [3.8, 4) is 16.9 Å². The fourth-order valence-corrected chi connectivity index (χ4v) is 4.24. The maximum Gasteiger partial charge on any atom is 0.118 e. The summed E-state index contributed by atoms with van der Waals surface area (Å²) in [5.41, 5.74) is 4.01. The molecule has 25 heavy (non-hydrogen) atoms. The van der Waals surface area contributed by atoms with Crippen LogP contribution < -0.4 is 4.74 Å². The molecule has 1 nitrogen and oxygen atoms in total. The average molecular weight is 337 g/mol. The van der Waals surface area contributed by atoms with Gasteiger partial charge in [0, 0.05) is 0 Å². The van der Waals surface area contributed by atoms with E-state index >= 15 is 0 Å². The quantitative estimate of drug-likeness (QED) is 0.534. The van der Waals surface area contributed by atoms with Gasteiger partial charge in [-0.05, 0) is 53.5 Å². The van der Waals surface area contributed by atoms with Crippen LogP contribution in [0.5, 0.6) is 5.75 Å². The molecule has 0 unspecified atom stereocenters. The van der Waals surface area contributed by atoms with E-state index in [2.05, 4.69) is 43.3 Å². The summed E-state index contributed by atoms with van der Waals surface area (Å²) in [7, 11) is 1.71. The van der Waals surface area contributed by atoms with Gasteiger partial charge in [0.2, 0.25) is 0 Å². The molecule has 1 aliphatic rings. The van der Waals surface area contributed by atoms with Crippen molar-refractivity contribution in [2.75, 3.05) is 7.11 Å². The maximum atomic E-state index is 5.23. The lowest BCUT2D eigenvalue weighted by Crippen LogP contribution is -2.15. The lowest BCUT2D eigenvalue weighted by molar-refractivity contribution is 0.252. The van der Waals surface area contributed by atoms with Crippen molar-refractivity contribution < 1.29 is 4.74 Å². The first kappa shape index (κ1) is 18.0. The van der Waals surface area contributed by atoms with Crippen molar-refractivity contribution in [2.24, 2.45) is 11.8 Å². The van der Waals surface area contributed by atoms with E-state index in [4.69, 9.17) is 4.74 Å². The molecule has 3 rings (SSSR count). The predicted molar refractivity (Wildman–Crippen MR) is 107 cm³/mol. The normalized spacial score (nSPS) is 20.4. The smallest absolute Gasteiger partial charge is 0.118 e. The second kappa shape index (κ2) is 9.08. The van der Waals surface area contributed by atoms with Gasteiger partial charge in [-0.15, -0.1) is 0 Å². The minimum atomic E-state index is 0.911. The molecule has 0 bridgehead atoms. The predicted octanol–water partition coefficient (Wildman–Crippen LogP) is 6.90. The molecule has 0 aliphatic heterocycles. The van der Waals surface area contributed by atoms with Crippen molar-refractivity contribution >= 4 is 0 Å². The first-order valence-electron chi connectivity index (χ1n) is 10.0. The van der Waals surface area contributed by atoms with Crippen LogP contribution in [0.2, 0.25) is 0 Å². The van der Waals surface area contributed by atoms with Gasteiger partial charge in [0.15, 0.2) is 0 Å². The number of hydrogen-bond acceptors (Lipinski definition) is 1. The van der Waals surface area contributed by atoms with E-state index < -0.39 is 0 Å². The average Bonchev–Trinajstić information content (AvgIpc) is 2.68. The van der Waals surface area contributed by atoms with Crippen molar-refractivity contribution in [2.45, 2.75) is 58.3 Å². The Labute approximate surface area is 153 Å². The van der Waals surface area contributed by atoms with E-state index in [1.54, 1.807) is 7.11 Å². The van der Waals surface area contributed by atoms with Gasteiger partial charge < -0.3 is 4.74 Å². The van der Waals surface area contributed by atoms with Gasteiger partial charge in [-0.3, -0.25) is 0 Å². The van der Waals surface area contributed by atoms with Crippen LogP contribution in [-0.4, -0.2) is 7.11 Å². The first-order chi connectivity index (χ1) is 12.3. The molecule has 1 fully saturated rings. The minimum Gasteiger partial charge on any atom is -0.497 e. The zero-order valence-corrected chi connectivity index (χ0v) is 15.8. The van der Waals surface area contributed by atoms with Gasteiger partial charge >= 0.3 is 0 Å². The summed E-state index contributed by atoms with van der Waals surface area (Å²) in [5.74, 6) is 2.88. The third-order valence-electron chi connectivity index (χ3n) is 5.88. The van der Waals surface area contributed by atoms with E-state index in [0.29, 0.717) is 0 Å². The summed E-state index contributed by atoms with van der Waals surface area (Å²) in [6.07, 6.45) is 11.2. The Morgan fingerprint density at radius 2 is 1.28 bits per heavy atom. The van der Waals surface area contributed by atoms with Crippen molar-refractivity contribution in [1.29, 1.82) is 0 Å². The molecule has 1 heteroatoms. The third-order valence-corrected chi connectivity index (χ3v) is 5.88. The van der Waals surface area contributed by atoms with Crippen LogP contribution in [0.1, 0.15) is 57.4 Å². The van der Waals surface area contributed by atoms with Crippen molar-refractivity contribution in [3.63, 3.8) is 0 Å². The van der Waals surface area contributed by atoms with Crippen molar-refractivity contribution in [1.82, 2.24) is 0 Å². The Hall–Kier alpha value is -1.76. The lowest BCUT2D eigenvalue weighted by atomic mass is 9.78. The molecule has 2 aromatic carbocycles. The highest BCUT2D eigenvalue weighted by molar-refractivity contribution is 5.64. The van der Waals surface area contributed by atoms with Crippen LogP contribution in [0.25, 0.3) is 11.1 Å². The lowest BCUT2D eigenvalue weighted by Gasteiger charge is -2.28. The standard InChI is InChI=1S/C24H32O/c1-3-4-19-5-7-20(8-6-19)9-10-21-11-13-22(14-12-21)23-15-17-24(25-2)18-16-23/h11-20H,3-10H2,1-2H3. The van der Waals surface area contributed by atoms with E-state index in [1.807, 2.05) is 12.1 Å². The van der Waals surface area contributed by atoms with Crippen LogP contribution >= 0.6 is 0 Å². The number of benzene rings is 2. The monoisotopic (exact) mass is 336 g/mol. The molecule has 1 saturated carbocycles. The number of aryl methyl sites for hydroxylation is 1. The largest absolute Gasteiger partial charge is 0.497 e. The summed E-state index contributed by atoms with van der Waals surface area (Å²) >= 11 is 0. The Kier molecular flexibility index (Phi) is 6.55. The van der Waals surface area contributed by atoms with Crippen molar-refractivity contribution in [3.05, 3.63) is 54.1 Å². The molecule has 0 radical (unpaired) electrons. The molecule has 0 heterocycles. The molecule has 0 atom stereocenters. The SMILES string of the molecule is CCCC1CCC(CCc2ccc(-c3ccc(OC)cc3)cc2)CC1. The fraction of sp³-hybridized carbons (Fsp3) is 0.500. The Morgan fingerprint density at radius 1 is 0.760 bits per heavy atom. The van der Waals surface area contributed by atoms with Gasteiger partial charge in [-0.25, -0.2) is 0 Å². The van der Waals surface area contributed by atoms with Gasteiger partial charge in [-0.2, -0.15) is 0 Å². The van der Waals surface area contributed by atoms with Gasteiger partial charge in [0.1, 0.15) is 5.75 Å². The van der Waals surface area contributed by atoms with Crippen LogP contribution in [0, 0.1) is 11.8 Å². The van der Waals surface area contributed by atoms with E-state index in [-0.39, 0.29) is 0 Å². The number of methoxy groups -OCH3 is 1. The third kappa shape index (κ3) is 5.11. The maximum absolute atomic E-state index is 5.23. The Morgan fingerprint density at radius 3 is 1.80 bits per heavy atom. The zero-order valence-electron chi connectivity index (χ0n) is 15.8. The highest BCUT2D eigenvalue weighted by Gasteiger charge is 2.20. The number of hydrogen-bond donors (Lipinski definition) is 0. The minimum absolute atomic E-state index is 0.911. The van der Waals surface area contributed by atoms with Crippen LogP contribution in [0.15, 0.2) is 48.5 Å². The van der Waals surface area contributed by atoms with Gasteiger partial charge in [-0.1, -0.05) is 81.8 Å². The summed E-state index contributed by atoms with van der Waals surface area (Å²) in [6, 6.07) is 17.4. The summed E-state index contributed by atoms with van der Waals surface area (Å²) in [5, 5.41) is 0. The van der Waals surface area contributed by atoms with Crippen LogP contribution in [-0.2, 0) is 6.42 Å². The fourth-order valence-electron chi connectivity index (χ4n) is 4.24. The molecule has 2 aromatic rings. The topological polar surface area (TPSA) is 9.23 Å².